The predicted octanol–water partition coefficient (Wildman–Crippen LogP) is 4.08. The maximum absolute atomic E-state index is 14.6. The van der Waals surface area contributed by atoms with Crippen molar-refractivity contribution in [2.45, 2.75) is 43.7 Å². The van der Waals surface area contributed by atoms with Crippen LogP contribution in [0.3, 0.4) is 0 Å². The van der Waals surface area contributed by atoms with E-state index in [9.17, 15) is 14.0 Å². The fourth-order valence-electron chi connectivity index (χ4n) is 4.31. The largest absolute Gasteiger partial charge is 0.496 e. The number of carbonyl (C=O) groups is 2. The SMILES string of the molecule is COc1ccccc1C=CC1(C(=O)NC2CCCC2)CC(=O)N1c1ccccc1F. The minimum Gasteiger partial charge on any atom is -0.496 e. The molecule has 2 aromatic rings. The van der Waals surface area contributed by atoms with Crippen molar-refractivity contribution in [2.24, 2.45) is 0 Å². The molecule has 5 nitrogen and oxygen atoms in total. The van der Waals surface area contributed by atoms with Crippen LogP contribution in [0.25, 0.3) is 6.08 Å². The lowest BCUT2D eigenvalue weighted by atomic mass is 9.80. The molecule has 1 aliphatic carbocycles. The quantitative estimate of drug-likeness (QED) is 0.733. The van der Waals surface area contributed by atoms with Crippen molar-refractivity contribution in [3.63, 3.8) is 0 Å². The minimum absolute atomic E-state index is 0.00840. The molecule has 1 unspecified atom stereocenters. The van der Waals surface area contributed by atoms with Crippen LogP contribution in [0.5, 0.6) is 5.75 Å². The number of anilines is 1. The van der Waals surface area contributed by atoms with Crippen molar-refractivity contribution in [3.05, 3.63) is 66.0 Å². The van der Waals surface area contributed by atoms with Crippen molar-refractivity contribution in [2.75, 3.05) is 12.0 Å². The lowest BCUT2D eigenvalue weighted by molar-refractivity contribution is -0.137. The molecule has 1 saturated heterocycles. The third-order valence-electron chi connectivity index (χ3n) is 5.92. The fourth-order valence-corrected chi connectivity index (χ4v) is 4.31. The Morgan fingerprint density at radius 3 is 2.57 bits per heavy atom. The van der Waals surface area contributed by atoms with Crippen LogP contribution in [0.2, 0.25) is 0 Å². The number of nitrogens with one attached hydrogen (secondary N) is 1. The van der Waals surface area contributed by atoms with Crippen molar-refractivity contribution in [1.29, 1.82) is 0 Å². The summed E-state index contributed by atoms with van der Waals surface area (Å²) in [6, 6.07) is 13.6. The number of β-lactam (4-membered cyclic amide) rings is 1. The normalized spacial score (nSPS) is 21.7. The average Bonchev–Trinajstić information content (AvgIpc) is 3.25. The van der Waals surface area contributed by atoms with E-state index in [4.69, 9.17) is 4.74 Å². The Hall–Kier alpha value is -3.15. The number of hydrogen-bond donors (Lipinski definition) is 1. The second-order valence-corrected chi connectivity index (χ2v) is 7.81. The first kappa shape index (κ1) is 20.1. The van der Waals surface area contributed by atoms with Crippen LogP contribution in [-0.4, -0.2) is 30.5 Å². The van der Waals surface area contributed by atoms with E-state index in [-0.39, 0.29) is 30.0 Å². The molecule has 0 radical (unpaired) electrons. The van der Waals surface area contributed by atoms with Gasteiger partial charge in [-0.25, -0.2) is 4.39 Å². The van der Waals surface area contributed by atoms with Crippen LogP contribution >= 0.6 is 0 Å². The van der Waals surface area contributed by atoms with Crippen LogP contribution in [0, 0.1) is 5.82 Å². The van der Waals surface area contributed by atoms with E-state index < -0.39 is 11.4 Å². The molecule has 4 rings (SSSR count). The summed E-state index contributed by atoms with van der Waals surface area (Å²) >= 11 is 0. The van der Waals surface area contributed by atoms with E-state index in [1.54, 1.807) is 31.4 Å². The minimum atomic E-state index is -1.28. The number of methoxy groups -OCH3 is 1. The molecule has 0 aromatic heterocycles. The molecule has 0 spiro atoms. The van der Waals surface area contributed by atoms with Crippen LogP contribution in [-0.2, 0) is 9.59 Å². The molecular formula is C24H25FN2O3. The van der Waals surface area contributed by atoms with Crippen LogP contribution in [0.1, 0.15) is 37.7 Å². The van der Waals surface area contributed by atoms with E-state index in [2.05, 4.69) is 5.32 Å². The van der Waals surface area contributed by atoms with Gasteiger partial charge in [-0.15, -0.1) is 0 Å². The van der Waals surface area contributed by atoms with Crippen LogP contribution < -0.4 is 15.0 Å². The van der Waals surface area contributed by atoms with Gasteiger partial charge in [-0.05, 0) is 37.1 Å². The lowest BCUT2D eigenvalue weighted by Crippen LogP contribution is -2.70. The van der Waals surface area contributed by atoms with Gasteiger partial charge in [-0.3, -0.25) is 14.5 Å². The van der Waals surface area contributed by atoms with E-state index in [1.165, 1.54) is 17.0 Å². The van der Waals surface area contributed by atoms with Gasteiger partial charge in [-0.1, -0.05) is 49.2 Å². The molecule has 1 saturated carbocycles. The third-order valence-corrected chi connectivity index (χ3v) is 5.92. The van der Waals surface area contributed by atoms with Gasteiger partial charge in [0.1, 0.15) is 11.6 Å². The van der Waals surface area contributed by atoms with Gasteiger partial charge in [0.25, 0.3) is 5.91 Å². The summed E-state index contributed by atoms with van der Waals surface area (Å²) < 4.78 is 19.9. The summed E-state index contributed by atoms with van der Waals surface area (Å²) in [7, 11) is 1.58. The van der Waals surface area contributed by atoms with Gasteiger partial charge < -0.3 is 10.1 Å². The first-order chi connectivity index (χ1) is 14.5. The molecule has 2 aromatic carbocycles. The van der Waals surface area contributed by atoms with Crippen molar-refractivity contribution >= 4 is 23.6 Å². The number of benzene rings is 2. The highest BCUT2D eigenvalue weighted by molar-refractivity contribution is 6.15. The summed E-state index contributed by atoms with van der Waals surface area (Å²) in [5.74, 6) is -0.438. The third kappa shape index (κ3) is 3.58. The Morgan fingerprint density at radius 1 is 1.17 bits per heavy atom. The monoisotopic (exact) mass is 408 g/mol. The highest BCUT2D eigenvalue weighted by Crippen LogP contribution is 2.41. The molecule has 1 aliphatic heterocycles. The number of hydrogen-bond acceptors (Lipinski definition) is 3. The van der Waals surface area contributed by atoms with E-state index in [0.29, 0.717) is 5.75 Å². The maximum atomic E-state index is 14.6. The Bertz CT molecular complexity index is 984. The number of rotatable bonds is 6. The first-order valence-electron chi connectivity index (χ1n) is 10.3. The molecule has 1 atom stereocenters. The predicted molar refractivity (Wildman–Crippen MR) is 114 cm³/mol. The summed E-state index contributed by atoms with van der Waals surface area (Å²) in [4.78, 5) is 27.3. The average molecular weight is 408 g/mol. The zero-order chi connectivity index (χ0) is 21.1. The second kappa shape index (κ2) is 8.30. The molecule has 1 heterocycles. The van der Waals surface area contributed by atoms with Gasteiger partial charge in [0.05, 0.1) is 19.2 Å². The maximum Gasteiger partial charge on any atom is 0.251 e. The standard InChI is InChI=1S/C24H25FN2O3/c1-30-21-13-7-2-8-17(21)14-15-24(23(29)26-18-9-3-4-10-18)16-22(28)27(24)20-12-6-5-11-19(20)25/h2,5-8,11-15,18H,3-4,9-10,16H2,1H3,(H,26,29). The molecule has 30 heavy (non-hydrogen) atoms. The van der Waals surface area contributed by atoms with Gasteiger partial charge >= 0.3 is 0 Å². The van der Waals surface area contributed by atoms with Crippen molar-refractivity contribution in [3.8, 4) is 5.75 Å². The highest BCUT2D eigenvalue weighted by Gasteiger charge is 2.56. The fraction of sp³-hybridized carbons (Fsp3) is 0.333. The van der Waals surface area contributed by atoms with Crippen molar-refractivity contribution < 1.29 is 18.7 Å². The number of amides is 2. The van der Waals surface area contributed by atoms with Crippen LogP contribution in [0.15, 0.2) is 54.6 Å². The molecule has 0 bridgehead atoms. The highest BCUT2D eigenvalue weighted by atomic mass is 19.1. The van der Waals surface area contributed by atoms with E-state index in [1.807, 2.05) is 24.3 Å². The Kier molecular flexibility index (Phi) is 5.57. The van der Waals surface area contributed by atoms with Gasteiger partial charge in [0, 0.05) is 11.6 Å². The number of carbonyl (C=O) groups excluding carboxylic acids is 2. The zero-order valence-electron chi connectivity index (χ0n) is 16.9. The van der Waals surface area contributed by atoms with Crippen LogP contribution in [0.4, 0.5) is 10.1 Å². The molecule has 6 heteroatoms. The molecule has 1 N–H and O–H groups in total. The molecular weight excluding hydrogens is 383 g/mol. The summed E-state index contributed by atoms with van der Waals surface area (Å²) in [6.07, 6.45) is 7.45. The Balaban J connectivity index is 1.73. The summed E-state index contributed by atoms with van der Waals surface area (Å²) in [6.45, 7) is 0. The molecule has 2 amide bonds. The molecule has 2 fully saturated rings. The molecule has 156 valence electrons. The van der Waals surface area contributed by atoms with E-state index in [0.717, 1.165) is 31.2 Å². The van der Waals surface area contributed by atoms with Crippen molar-refractivity contribution in [1.82, 2.24) is 5.32 Å². The van der Waals surface area contributed by atoms with E-state index >= 15 is 0 Å². The van der Waals surface area contributed by atoms with Gasteiger partial charge in [-0.2, -0.15) is 0 Å². The first-order valence-corrected chi connectivity index (χ1v) is 10.3. The van der Waals surface area contributed by atoms with Gasteiger partial charge in [0.15, 0.2) is 5.54 Å². The number of ether oxygens (including phenoxy) is 1. The Morgan fingerprint density at radius 2 is 1.87 bits per heavy atom. The van der Waals surface area contributed by atoms with Gasteiger partial charge in [0.2, 0.25) is 5.91 Å². The lowest BCUT2D eigenvalue weighted by Gasteiger charge is -2.49. The smallest absolute Gasteiger partial charge is 0.251 e. The molecule has 2 aliphatic rings. The summed E-state index contributed by atoms with van der Waals surface area (Å²) in [5.41, 5.74) is -0.385. The second-order valence-electron chi connectivity index (χ2n) is 7.81. The zero-order valence-corrected chi connectivity index (χ0v) is 16.9. The Labute approximate surface area is 175 Å². The number of halogens is 1. The topological polar surface area (TPSA) is 58.6 Å². The summed E-state index contributed by atoms with van der Waals surface area (Å²) in [5, 5.41) is 3.09. The number of para-hydroxylation sites is 2. The number of nitrogens with zero attached hydrogens (tertiary/aromatic N) is 1.